The number of benzene rings is 1. The van der Waals surface area contributed by atoms with Crippen molar-refractivity contribution < 1.29 is 9.18 Å². The molecular weight excluding hydrogens is 241 g/mol. The highest BCUT2D eigenvalue weighted by Gasteiger charge is 2.25. The Balaban J connectivity index is 2.22. The lowest BCUT2D eigenvalue weighted by Crippen LogP contribution is -2.41. The highest BCUT2D eigenvalue weighted by atomic mass is 19.1. The van der Waals surface area contributed by atoms with Gasteiger partial charge in [0.25, 0.3) is 5.91 Å². The summed E-state index contributed by atoms with van der Waals surface area (Å²) in [5.41, 5.74) is 1.35. The molecule has 0 aromatic heterocycles. The van der Waals surface area contributed by atoms with Crippen LogP contribution in [-0.4, -0.2) is 23.4 Å². The fraction of sp³-hybridized carbons (Fsp3) is 0.562. The van der Waals surface area contributed by atoms with E-state index in [1.807, 2.05) is 18.7 Å². The summed E-state index contributed by atoms with van der Waals surface area (Å²) in [6.07, 6.45) is 5.80. The molecule has 1 aliphatic rings. The summed E-state index contributed by atoms with van der Waals surface area (Å²) in [7, 11) is 0. The SMILES string of the molecule is CCN(C(=O)c1cc(F)ccc1C)C1CCCCC1. The van der Waals surface area contributed by atoms with Crippen molar-refractivity contribution in [1.82, 2.24) is 4.90 Å². The second-order valence-corrected chi connectivity index (χ2v) is 5.34. The molecule has 19 heavy (non-hydrogen) atoms. The van der Waals surface area contributed by atoms with Crippen LogP contribution < -0.4 is 0 Å². The number of hydrogen-bond donors (Lipinski definition) is 0. The Kier molecular flexibility index (Phi) is 4.56. The van der Waals surface area contributed by atoms with Crippen LogP contribution in [0.25, 0.3) is 0 Å². The van der Waals surface area contributed by atoms with E-state index in [0.29, 0.717) is 18.2 Å². The first-order chi connectivity index (χ1) is 9.13. The Morgan fingerprint density at radius 2 is 2.00 bits per heavy atom. The van der Waals surface area contributed by atoms with Crippen LogP contribution in [0.5, 0.6) is 0 Å². The van der Waals surface area contributed by atoms with E-state index in [1.165, 1.54) is 31.4 Å². The lowest BCUT2D eigenvalue weighted by Gasteiger charge is -2.34. The second-order valence-electron chi connectivity index (χ2n) is 5.34. The molecule has 1 aliphatic carbocycles. The number of amides is 1. The topological polar surface area (TPSA) is 20.3 Å². The van der Waals surface area contributed by atoms with Crippen LogP contribution in [0.3, 0.4) is 0 Å². The molecular formula is C16H22FNO. The van der Waals surface area contributed by atoms with E-state index in [0.717, 1.165) is 18.4 Å². The van der Waals surface area contributed by atoms with E-state index in [1.54, 1.807) is 6.07 Å². The standard InChI is InChI=1S/C16H22FNO/c1-3-18(14-7-5-4-6-8-14)16(19)15-11-13(17)10-9-12(15)2/h9-11,14H,3-8H2,1-2H3. The maximum absolute atomic E-state index is 13.3. The zero-order valence-electron chi connectivity index (χ0n) is 11.8. The van der Waals surface area contributed by atoms with E-state index in [9.17, 15) is 9.18 Å². The van der Waals surface area contributed by atoms with Crippen LogP contribution in [0.1, 0.15) is 54.9 Å². The van der Waals surface area contributed by atoms with Gasteiger partial charge in [0.2, 0.25) is 0 Å². The molecule has 0 saturated heterocycles. The summed E-state index contributed by atoms with van der Waals surface area (Å²) in [6.45, 7) is 4.56. The molecule has 0 radical (unpaired) electrons. The number of carbonyl (C=O) groups is 1. The highest BCUT2D eigenvalue weighted by molar-refractivity contribution is 5.95. The molecule has 0 N–H and O–H groups in total. The van der Waals surface area contributed by atoms with Gasteiger partial charge in [0.1, 0.15) is 5.82 Å². The molecule has 104 valence electrons. The number of carbonyl (C=O) groups excluding carboxylic acids is 1. The van der Waals surface area contributed by atoms with Gasteiger partial charge in [0.15, 0.2) is 0 Å². The largest absolute Gasteiger partial charge is 0.336 e. The van der Waals surface area contributed by atoms with Crippen LogP contribution in [0, 0.1) is 12.7 Å². The van der Waals surface area contributed by atoms with E-state index in [2.05, 4.69) is 0 Å². The van der Waals surface area contributed by atoms with Crippen molar-refractivity contribution in [3.63, 3.8) is 0 Å². The van der Waals surface area contributed by atoms with Crippen molar-refractivity contribution in [3.05, 3.63) is 35.1 Å². The van der Waals surface area contributed by atoms with Crippen LogP contribution in [0.15, 0.2) is 18.2 Å². The molecule has 2 nitrogen and oxygen atoms in total. The number of hydrogen-bond acceptors (Lipinski definition) is 1. The summed E-state index contributed by atoms with van der Waals surface area (Å²) in [5, 5.41) is 0. The zero-order valence-corrected chi connectivity index (χ0v) is 11.8. The average molecular weight is 263 g/mol. The molecule has 1 amide bonds. The lowest BCUT2D eigenvalue weighted by atomic mass is 9.93. The molecule has 1 saturated carbocycles. The van der Waals surface area contributed by atoms with Crippen molar-refractivity contribution in [2.75, 3.05) is 6.54 Å². The molecule has 1 aromatic rings. The van der Waals surface area contributed by atoms with Crippen molar-refractivity contribution in [2.24, 2.45) is 0 Å². The predicted molar refractivity (Wildman–Crippen MR) is 74.7 cm³/mol. The molecule has 3 heteroatoms. The van der Waals surface area contributed by atoms with E-state index >= 15 is 0 Å². The molecule has 0 unspecified atom stereocenters. The van der Waals surface area contributed by atoms with E-state index in [-0.39, 0.29) is 11.7 Å². The maximum atomic E-state index is 13.3. The van der Waals surface area contributed by atoms with Crippen molar-refractivity contribution in [1.29, 1.82) is 0 Å². The smallest absolute Gasteiger partial charge is 0.254 e. The number of halogens is 1. The minimum Gasteiger partial charge on any atom is -0.336 e. The molecule has 0 aliphatic heterocycles. The fourth-order valence-electron chi connectivity index (χ4n) is 2.94. The fourth-order valence-corrected chi connectivity index (χ4v) is 2.94. The number of rotatable bonds is 3. The first-order valence-corrected chi connectivity index (χ1v) is 7.20. The van der Waals surface area contributed by atoms with Gasteiger partial charge < -0.3 is 4.90 Å². The van der Waals surface area contributed by atoms with Gasteiger partial charge in [-0.25, -0.2) is 4.39 Å². The van der Waals surface area contributed by atoms with Crippen LogP contribution in [0.2, 0.25) is 0 Å². The first-order valence-electron chi connectivity index (χ1n) is 7.20. The first kappa shape index (κ1) is 14.0. The van der Waals surface area contributed by atoms with Gasteiger partial charge in [-0.3, -0.25) is 4.79 Å². The Morgan fingerprint density at radius 1 is 1.32 bits per heavy atom. The molecule has 1 aromatic carbocycles. The highest BCUT2D eigenvalue weighted by Crippen LogP contribution is 2.24. The third-order valence-corrected chi connectivity index (χ3v) is 4.05. The van der Waals surface area contributed by atoms with Gasteiger partial charge in [-0.2, -0.15) is 0 Å². The summed E-state index contributed by atoms with van der Waals surface area (Å²) in [5.74, 6) is -0.361. The normalized spacial score (nSPS) is 16.4. The summed E-state index contributed by atoms with van der Waals surface area (Å²) < 4.78 is 13.3. The minimum atomic E-state index is -0.339. The van der Waals surface area contributed by atoms with Crippen molar-refractivity contribution in [3.8, 4) is 0 Å². The Morgan fingerprint density at radius 3 is 2.63 bits per heavy atom. The number of aryl methyl sites for hydroxylation is 1. The summed E-state index contributed by atoms with van der Waals surface area (Å²) in [4.78, 5) is 14.5. The lowest BCUT2D eigenvalue weighted by molar-refractivity contribution is 0.0646. The van der Waals surface area contributed by atoms with Gasteiger partial charge in [-0.05, 0) is 44.4 Å². The third-order valence-electron chi connectivity index (χ3n) is 4.05. The van der Waals surface area contributed by atoms with Gasteiger partial charge in [0, 0.05) is 18.2 Å². The molecule has 1 fully saturated rings. The number of nitrogens with zero attached hydrogens (tertiary/aromatic N) is 1. The molecule has 0 bridgehead atoms. The summed E-state index contributed by atoms with van der Waals surface area (Å²) in [6, 6.07) is 4.78. The van der Waals surface area contributed by atoms with Crippen molar-refractivity contribution >= 4 is 5.91 Å². The maximum Gasteiger partial charge on any atom is 0.254 e. The van der Waals surface area contributed by atoms with Gasteiger partial charge in [-0.15, -0.1) is 0 Å². The van der Waals surface area contributed by atoms with Crippen LogP contribution in [0.4, 0.5) is 4.39 Å². The second kappa shape index (κ2) is 6.18. The van der Waals surface area contributed by atoms with E-state index < -0.39 is 0 Å². The Hall–Kier alpha value is -1.38. The van der Waals surface area contributed by atoms with Gasteiger partial charge >= 0.3 is 0 Å². The quantitative estimate of drug-likeness (QED) is 0.809. The van der Waals surface area contributed by atoms with Crippen LogP contribution >= 0.6 is 0 Å². The monoisotopic (exact) mass is 263 g/mol. The van der Waals surface area contributed by atoms with Crippen molar-refractivity contribution in [2.45, 2.75) is 52.0 Å². The predicted octanol–water partition coefficient (Wildman–Crippen LogP) is 3.93. The molecule has 0 spiro atoms. The third kappa shape index (κ3) is 3.14. The minimum absolute atomic E-state index is 0.0219. The Bertz CT molecular complexity index is 452. The van der Waals surface area contributed by atoms with Gasteiger partial charge in [0.05, 0.1) is 0 Å². The zero-order chi connectivity index (χ0) is 13.8. The molecule has 0 heterocycles. The average Bonchev–Trinajstić information content (AvgIpc) is 2.43. The summed E-state index contributed by atoms with van der Waals surface area (Å²) >= 11 is 0. The molecule has 2 rings (SSSR count). The van der Waals surface area contributed by atoms with Crippen LogP contribution in [-0.2, 0) is 0 Å². The van der Waals surface area contributed by atoms with E-state index in [4.69, 9.17) is 0 Å². The molecule has 0 atom stereocenters. The van der Waals surface area contributed by atoms with Gasteiger partial charge in [-0.1, -0.05) is 25.3 Å². The Labute approximate surface area is 114 Å².